The van der Waals surface area contributed by atoms with Gasteiger partial charge in [-0.2, -0.15) is 0 Å². The van der Waals surface area contributed by atoms with Crippen LogP contribution in [0.1, 0.15) is 30.5 Å². The molecule has 0 aliphatic heterocycles. The van der Waals surface area contributed by atoms with Crippen molar-refractivity contribution < 1.29 is 18.0 Å². The lowest BCUT2D eigenvalue weighted by Crippen LogP contribution is -2.54. The van der Waals surface area contributed by atoms with E-state index in [1.807, 2.05) is 68.4 Å². The van der Waals surface area contributed by atoms with E-state index in [0.717, 1.165) is 19.9 Å². The molecule has 0 aliphatic carbocycles. The van der Waals surface area contributed by atoms with Crippen molar-refractivity contribution in [3.8, 4) is 0 Å². The molecule has 1 atom stereocenters. The number of carbonyl (C=O) groups excluding carboxylic acids is 2. The first-order valence-corrected chi connectivity index (χ1v) is 16.8. The van der Waals surface area contributed by atoms with Crippen molar-refractivity contribution >= 4 is 55.1 Å². The average molecular weight is 697 g/mol. The Bertz CT molecular complexity index is 1690. The maximum absolute atomic E-state index is 14.5. The van der Waals surface area contributed by atoms with Crippen LogP contribution in [0.4, 0.5) is 5.69 Å². The van der Waals surface area contributed by atoms with E-state index >= 15 is 0 Å². The second-order valence-electron chi connectivity index (χ2n) is 10.7. The minimum absolute atomic E-state index is 0.0324. The highest BCUT2D eigenvalue weighted by Crippen LogP contribution is 2.31. The lowest BCUT2D eigenvalue weighted by atomic mass is 10.0. The van der Waals surface area contributed by atoms with Crippen LogP contribution in [0.3, 0.4) is 0 Å². The van der Waals surface area contributed by atoms with Crippen LogP contribution in [0.5, 0.6) is 0 Å². The van der Waals surface area contributed by atoms with E-state index in [0.29, 0.717) is 10.6 Å². The standard InChI is InChI=1S/C34H35BrClN3O4S/c1-24(2)37-34(41)32(21-26-11-6-4-7-12-26)38(22-27-17-19-28(35)20-18-27)33(40)23-39(31-16-10-15-30(36)25(31)3)44(42,43)29-13-8-5-9-14-29/h4-20,24,32H,21-23H2,1-3H3,(H,37,41). The summed E-state index contributed by atoms with van der Waals surface area (Å²) < 4.78 is 30.2. The number of carbonyl (C=O) groups is 2. The van der Waals surface area contributed by atoms with Crippen LogP contribution in [0.2, 0.25) is 5.02 Å². The molecule has 0 saturated heterocycles. The van der Waals surface area contributed by atoms with Crippen LogP contribution in [0, 0.1) is 6.92 Å². The van der Waals surface area contributed by atoms with Gasteiger partial charge in [-0.15, -0.1) is 0 Å². The number of sulfonamides is 1. The summed E-state index contributed by atoms with van der Waals surface area (Å²) in [6.45, 7) is 4.96. The van der Waals surface area contributed by atoms with Gasteiger partial charge in [-0.25, -0.2) is 8.42 Å². The topological polar surface area (TPSA) is 86.8 Å². The smallest absolute Gasteiger partial charge is 0.264 e. The summed E-state index contributed by atoms with van der Waals surface area (Å²) >= 11 is 9.88. The molecule has 4 aromatic carbocycles. The number of hydrogen-bond donors (Lipinski definition) is 1. The van der Waals surface area contributed by atoms with Gasteiger partial charge >= 0.3 is 0 Å². The molecule has 0 aromatic heterocycles. The molecule has 1 N–H and O–H groups in total. The quantitative estimate of drug-likeness (QED) is 0.177. The van der Waals surface area contributed by atoms with Gasteiger partial charge < -0.3 is 10.2 Å². The Labute approximate surface area is 273 Å². The molecule has 4 aromatic rings. The van der Waals surface area contributed by atoms with E-state index in [9.17, 15) is 18.0 Å². The highest BCUT2D eigenvalue weighted by atomic mass is 79.9. The van der Waals surface area contributed by atoms with E-state index in [1.54, 1.807) is 43.3 Å². The van der Waals surface area contributed by atoms with E-state index in [-0.39, 0.29) is 35.5 Å². The molecule has 0 bridgehead atoms. The molecule has 0 fully saturated rings. The number of nitrogens with one attached hydrogen (secondary N) is 1. The van der Waals surface area contributed by atoms with E-state index in [2.05, 4.69) is 21.2 Å². The molecule has 0 saturated carbocycles. The second kappa shape index (κ2) is 14.9. The van der Waals surface area contributed by atoms with Crippen molar-refractivity contribution in [3.05, 3.63) is 129 Å². The minimum atomic E-state index is -4.20. The molecule has 10 heteroatoms. The molecule has 230 valence electrons. The number of benzene rings is 4. The summed E-state index contributed by atoms with van der Waals surface area (Å²) in [6.07, 6.45) is 0.239. The fourth-order valence-electron chi connectivity index (χ4n) is 4.82. The maximum Gasteiger partial charge on any atom is 0.264 e. The predicted molar refractivity (Wildman–Crippen MR) is 179 cm³/mol. The number of nitrogens with zero attached hydrogens (tertiary/aromatic N) is 2. The zero-order chi connectivity index (χ0) is 31.9. The molecule has 44 heavy (non-hydrogen) atoms. The predicted octanol–water partition coefficient (Wildman–Crippen LogP) is 6.77. The third kappa shape index (κ3) is 8.28. The number of rotatable bonds is 12. The molecule has 2 amide bonds. The molecular formula is C34H35BrClN3O4S. The zero-order valence-corrected chi connectivity index (χ0v) is 27.9. The Hall–Kier alpha value is -3.66. The molecule has 7 nitrogen and oxygen atoms in total. The van der Waals surface area contributed by atoms with E-state index in [1.165, 1.54) is 17.0 Å². The number of halogens is 2. The minimum Gasteiger partial charge on any atom is -0.352 e. The molecule has 0 heterocycles. The fraction of sp³-hybridized carbons (Fsp3) is 0.235. The molecular weight excluding hydrogens is 662 g/mol. The number of hydrogen-bond acceptors (Lipinski definition) is 4. The normalized spacial score (nSPS) is 12.0. The third-order valence-electron chi connectivity index (χ3n) is 7.09. The molecule has 4 rings (SSSR count). The second-order valence-corrected chi connectivity index (χ2v) is 13.9. The average Bonchev–Trinajstić information content (AvgIpc) is 3.00. The van der Waals surface area contributed by atoms with Gasteiger partial charge in [0, 0.05) is 28.5 Å². The van der Waals surface area contributed by atoms with Crippen LogP contribution in [-0.4, -0.2) is 43.8 Å². The lowest BCUT2D eigenvalue weighted by Gasteiger charge is -2.34. The van der Waals surface area contributed by atoms with Crippen LogP contribution in [0.25, 0.3) is 0 Å². The highest BCUT2D eigenvalue weighted by molar-refractivity contribution is 9.10. The summed E-state index contributed by atoms with van der Waals surface area (Å²) in [4.78, 5) is 29.8. The lowest BCUT2D eigenvalue weighted by molar-refractivity contribution is -0.140. The van der Waals surface area contributed by atoms with Gasteiger partial charge in [0.25, 0.3) is 10.0 Å². The van der Waals surface area contributed by atoms with Crippen molar-refractivity contribution in [2.45, 2.75) is 50.7 Å². The van der Waals surface area contributed by atoms with Crippen molar-refractivity contribution in [2.24, 2.45) is 0 Å². The number of amides is 2. The summed E-state index contributed by atoms with van der Waals surface area (Å²) in [5.74, 6) is -0.864. The Morgan fingerprint density at radius 2 is 1.45 bits per heavy atom. The maximum atomic E-state index is 14.5. The summed E-state index contributed by atoms with van der Waals surface area (Å²) in [7, 11) is -4.20. The van der Waals surface area contributed by atoms with Crippen molar-refractivity contribution in [3.63, 3.8) is 0 Å². The molecule has 0 spiro atoms. The first kappa shape index (κ1) is 33.2. The van der Waals surface area contributed by atoms with Gasteiger partial charge in [-0.3, -0.25) is 13.9 Å². The van der Waals surface area contributed by atoms with Crippen LogP contribution >= 0.6 is 27.5 Å². The first-order chi connectivity index (χ1) is 21.0. The van der Waals surface area contributed by atoms with Crippen molar-refractivity contribution in [1.29, 1.82) is 0 Å². The first-order valence-electron chi connectivity index (χ1n) is 14.2. The number of anilines is 1. The molecule has 0 aliphatic rings. The van der Waals surface area contributed by atoms with E-state index < -0.39 is 28.5 Å². The largest absolute Gasteiger partial charge is 0.352 e. The van der Waals surface area contributed by atoms with Gasteiger partial charge in [0.15, 0.2) is 0 Å². The van der Waals surface area contributed by atoms with Crippen LogP contribution in [0.15, 0.2) is 112 Å². The Balaban J connectivity index is 1.82. The van der Waals surface area contributed by atoms with Crippen molar-refractivity contribution in [1.82, 2.24) is 10.2 Å². The monoisotopic (exact) mass is 695 g/mol. The summed E-state index contributed by atoms with van der Waals surface area (Å²) in [5, 5.41) is 3.33. The Morgan fingerprint density at radius 3 is 2.07 bits per heavy atom. The van der Waals surface area contributed by atoms with Gasteiger partial charge in [-0.05, 0) is 73.9 Å². The van der Waals surface area contributed by atoms with Gasteiger partial charge in [0.2, 0.25) is 11.8 Å². The molecule has 0 radical (unpaired) electrons. The van der Waals surface area contributed by atoms with E-state index in [4.69, 9.17) is 11.6 Å². The van der Waals surface area contributed by atoms with Crippen LogP contribution in [-0.2, 0) is 32.6 Å². The van der Waals surface area contributed by atoms with Crippen LogP contribution < -0.4 is 9.62 Å². The Kier molecular flexibility index (Phi) is 11.2. The zero-order valence-electron chi connectivity index (χ0n) is 24.8. The Morgan fingerprint density at radius 1 is 0.841 bits per heavy atom. The summed E-state index contributed by atoms with van der Waals surface area (Å²) in [5.41, 5.74) is 2.45. The summed E-state index contributed by atoms with van der Waals surface area (Å²) in [6, 6.07) is 28.7. The van der Waals surface area contributed by atoms with Gasteiger partial charge in [0.05, 0.1) is 10.6 Å². The van der Waals surface area contributed by atoms with Crippen molar-refractivity contribution in [2.75, 3.05) is 10.8 Å². The highest BCUT2D eigenvalue weighted by Gasteiger charge is 2.35. The SMILES string of the molecule is Cc1c(Cl)cccc1N(CC(=O)N(Cc1ccc(Br)cc1)C(Cc1ccccc1)C(=O)NC(C)C)S(=O)(=O)c1ccccc1. The third-order valence-corrected chi connectivity index (χ3v) is 9.80. The molecule has 1 unspecified atom stereocenters. The van der Waals surface area contributed by atoms with Gasteiger partial charge in [-0.1, -0.05) is 94.3 Å². The van der Waals surface area contributed by atoms with Gasteiger partial charge in [0.1, 0.15) is 12.6 Å². The fourth-order valence-corrected chi connectivity index (χ4v) is 6.75.